The van der Waals surface area contributed by atoms with Crippen molar-refractivity contribution in [2.45, 2.75) is 18.5 Å². The fourth-order valence-electron chi connectivity index (χ4n) is 5.76. The Kier molecular flexibility index (Phi) is 4.45. The highest BCUT2D eigenvalue weighted by molar-refractivity contribution is 9.10. The first-order valence-electron chi connectivity index (χ1n) is 10.9. The molecule has 3 aromatic rings. The summed E-state index contributed by atoms with van der Waals surface area (Å²) in [5.41, 5.74) is 0.923. The Morgan fingerprint density at radius 1 is 0.794 bits per heavy atom. The third kappa shape index (κ3) is 2.56. The number of hydrogen-bond donors (Lipinski definition) is 0. The zero-order chi connectivity index (χ0) is 23.8. The molecule has 0 aromatic heterocycles. The van der Waals surface area contributed by atoms with Gasteiger partial charge in [-0.25, -0.2) is 0 Å². The normalized spacial score (nSPS) is 24.5. The Labute approximate surface area is 203 Å². The summed E-state index contributed by atoms with van der Waals surface area (Å²) in [7, 11) is 0. The Bertz CT molecular complexity index is 1360. The van der Waals surface area contributed by atoms with Crippen molar-refractivity contribution >= 4 is 45.1 Å². The Morgan fingerprint density at radius 3 is 1.97 bits per heavy atom. The smallest absolute Gasteiger partial charge is 0.320 e. The Morgan fingerprint density at radius 2 is 1.38 bits per heavy atom. The van der Waals surface area contributed by atoms with E-state index in [0.29, 0.717) is 5.69 Å². The molecule has 0 N–H and O–H groups in total. The highest BCUT2D eigenvalue weighted by atomic mass is 79.9. The summed E-state index contributed by atoms with van der Waals surface area (Å²) in [6, 6.07) is 20.6. The summed E-state index contributed by atoms with van der Waals surface area (Å²) in [5.74, 6) is -4.75. The predicted octanol–water partition coefficient (Wildman–Crippen LogP) is 4.45. The molecule has 168 valence electrons. The molecule has 6 nitrogen and oxygen atoms in total. The van der Waals surface area contributed by atoms with Crippen molar-refractivity contribution in [3.63, 3.8) is 0 Å². The molecule has 0 bridgehead atoms. The second-order valence-corrected chi connectivity index (χ2v) is 9.83. The maximum absolute atomic E-state index is 14.1. The fraction of sp³-hybridized carbons (Fsp3) is 0.185. The van der Waals surface area contributed by atoms with Crippen LogP contribution in [-0.2, 0) is 14.3 Å². The molecule has 2 fully saturated rings. The number of ketones is 2. The molecular formula is C27H18BrNO5. The number of Topliss-reactive ketones (excluding diaryl/α,β-unsaturated/α-hetero) is 2. The monoisotopic (exact) mass is 515 g/mol. The quantitative estimate of drug-likeness (QED) is 0.370. The molecule has 34 heavy (non-hydrogen) atoms. The van der Waals surface area contributed by atoms with Crippen molar-refractivity contribution in [1.82, 2.24) is 0 Å². The molecular weight excluding hydrogens is 498 g/mol. The summed E-state index contributed by atoms with van der Waals surface area (Å²) < 4.78 is 5.89. The van der Waals surface area contributed by atoms with E-state index in [1.165, 1.54) is 0 Å². The first-order chi connectivity index (χ1) is 16.4. The van der Waals surface area contributed by atoms with Gasteiger partial charge < -0.3 is 9.64 Å². The summed E-state index contributed by atoms with van der Waals surface area (Å²) in [6.45, 7) is 1.95. The van der Waals surface area contributed by atoms with Crippen LogP contribution in [0, 0.1) is 18.8 Å². The van der Waals surface area contributed by atoms with Gasteiger partial charge in [-0.05, 0) is 36.8 Å². The van der Waals surface area contributed by atoms with Gasteiger partial charge in [0.15, 0.2) is 17.1 Å². The Hall–Kier alpha value is -3.58. The summed E-state index contributed by atoms with van der Waals surface area (Å²) in [6.07, 6.45) is 0. The number of carbonyl (C=O) groups is 4. The SMILES string of the molecule is Cc1ccc([C@H]2[C@H]3C(=O)OC(=O)[C@H]3C3(C(=O)c4ccccc4C3=O)N2c2ccc(Br)cc2)cc1. The molecule has 2 aliphatic heterocycles. The van der Waals surface area contributed by atoms with Crippen LogP contribution in [0.4, 0.5) is 5.69 Å². The van der Waals surface area contributed by atoms with E-state index >= 15 is 0 Å². The van der Waals surface area contributed by atoms with E-state index < -0.39 is 46.9 Å². The van der Waals surface area contributed by atoms with Crippen LogP contribution in [0.25, 0.3) is 0 Å². The molecule has 3 aliphatic rings. The molecule has 0 unspecified atom stereocenters. The van der Waals surface area contributed by atoms with Crippen LogP contribution in [0.1, 0.15) is 37.9 Å². The first kappa shape index (κ1) is 21.0. The van der Waals surface area contributed by atoms with Gasteiger partial charge in [-0.2, -0.15) is 0 Å². The number of carbonyl (C=O) groups excluding carboxylic acids is 4. The minimum atomic E-state index is -1.90. The number of nitrogens with zero attached hydrogens (tertiary/aromatic N) is 1. The lowest BCUT2D eigenvalue weighted by molar-refractivity contribution is -0.154. The lowest BCUT2D eigenvalue weighted by Gasteiger charge is -2.39. The molecule has 7 heteroatoms. The number of fused-ring (bicyclic) bond motifs is 3. The lowest BCUT2D eigenvalue weighted by atomic mass is 9.76. The van der Waals surface area contributed by atoms with Crippen molar-refractivity contribution in [1.29, 1.82) is 0 Å². The fourth-order valence-corrected chi connectivity index (χ4v) is 6.03. The zero-order valence-electron chi connectivity index (χ0n) is 18.0. The van der Waals surface area contributed by atoms with E-state index in [2.05, 4.69) is 15.9 Å². The van der Waals surface area contributed by atoms with E-state index in [0.717, 1.165) is 15.6 Å². The van der Waals surface area contributed by atoms with Crippen LogP contribution < -0.4 is 4.90 Å². The first-order valence-corrected chi connectivity index (χ1v) is 11.7. The average Bonchev–Trinajstić information content (AvgIpc) is 3.39. The van der Waals surface area contributed by atoms with Crippen molar-refractivity contribution in [3.8, 4) is 0 Å². The highest BCUT2D eigenvalue weighted by Crippen LogP contribution is 2.59. The minimum absolute atomic E-state index is 0.255. The molecule has 0 amide bonds. The number of ether oxygens (including phenoxy) is 1. The number of esters is 2. The number of anilines is 1. The van der Waals surface area contributed by atoms with E-state index in [1.807, 2.05) is 31.2 Å². The topological polar surface area (TPSA) is 80.8 Å². The second-order valence-electron chi connectivity index (χ2n) is 8.92. The number of aryl methyl sites for hydroxylation is 1. The van der Waals surface area contributed by atoms with Gasteiger partial charge in [0.25, 0.3) is 0 Å². The Balaban J connectivity index is 1.68. The van der Waals surface area contributed by atoms with Crippen molar-refractivity contribution < 1.29 is 23.9 Å². The molecule has 3 aromatic carbocycles. The number of rotatable bonds is 2. The average molecular weight is 516 g/mol. The molecule has 2 saturated heterocycles. The second kappa shape index (κ2) is 7.21. The van der Waals surface area contributed by atoms with Gasteiger partial charge in [-0.1, -0.05) is 70.0 Å². The van der Waals surface area contributed by atoms with E-state index in [-0.39, 0.29) is 11.1 Å². The maximum Gasteiger partial charge on any atom is 0.320 e. The molecule has 6 rings (SSSR count). The lowest BCUT2D eigenvalue weighted by Crippen LogP contribution is -2.59. The van der Waals surface area contributed by atoms with Crippen LogP contribution >= 0.6 is 15.9 Å². The van der Waals surface area contributed by atoms with Crippen LogP contribution in [0.5, 0.6) is 0 Å². The van der Waals surface area contributed by atoms with Gasteiger partial charge in [0, 0.05) is 21.3 Å². The van der Waals surface area contributed by atoms with Crippen molar-refractivity contribution in [2.24, 2.45) is 11.8 Å². The molecule has 1 spiro atoms. The van der Waals surface area contributed by atoms with Crippen molar-refractivity contribution in [2.75, 3.05) is 4.90 Å². The van der Waals surface area contributed by atoms with Crippen LogP contribution in [-0.4, -0.2) is 29.0 Å². The zero-order valence-corrected chi connectivity index (χ0v) is 19.6. The van der Waals surface area contributed by atoms with Crippen molar-refractivity contribution in [3.05, 3.63) is 99.5 Å². The standard InChI is InChI=1S/C27H18BrNO5/c1-14-6-8-15(9-7-14)22-20-21(26(33)34-25(20)32)27(29(22)17-12-10-16(28)11-13-17)23(30)18-4-2-3-5-19(18)24(27)31/h2-13,20-22H,1H3/t20-,21-,22-/m0/s1. The number of cyclic esters (lactones) is 2. The summed E-state index contributed by atoms with van der Waals surface area (Å²) in [5, 5.41) is 0. The molecule has 1 aliphatic carbocycles. The van der Waals surface area contributed by atoms with E-state index in [9.17, 15) is 19.2 Å². The van der Waals surface area contributed by atoms with Gasteiger partial charge in [0.1, 0.15) is 5.92 Å². The third-order valence-electron chi connectivity index (χ3n) is 7.17. The number of benzene rings is 3. The van der Waals surface area contributed by atoms with Crippen LogP contribution in [0.3, 0.4) is 0 Å². The number of halogens is 1. The van der Waals surface area contributed by atoms with E-state index in [1.54, 1.807) is 53.4 Å². The van der Waals surface area contributed by atoms with Gasteiger partial charge in [-0.15, -0.1) is 0 Å². The highest BCUT2D eigenvalue weighted by Gasteiger charge is 2.76. The molecule has 3 atom stereocenters. The minimum Gasteiger partial charge on any atom is -0.393 e. The number of hydrogen-bond acceptors (Lipinski definition) is 6. The predicted molar refractivity (Wildman–Crippen MR) is 126 cm³/mol. The van der Waals surface area contributed by atoms with Crippen LogP contribution in [0.15, 0.2) is 77.3 Å². The molecule has 2 heterocycles. The van der Waals surface area contributed by atoms with Gasteiger partial charge >= 0.3 is 11.9 Å². The molecule has 0 radical (unpaired) electrons. The van der Waals surface area contributed by atoms with Gasteiger partial charge in [0.2, 0.25) is 0 Å². The van der Waals surface area contributed by atoms with E-state index in [4.69, 9.17) is 4.74 Å². The van der Waals surface area contributed by atoms with Gasteiger partial charge in [-0.3, -0.25) is 19.2 Å². The van der Waals surface area contributed by atoms with Gasteiger partial charge in [0.05, 0.1) is 12.0 Å². The third-order valence-corrected chi connectivity index (χ3v) is 7.70. The molecule has 0 saturated carbocycles. The summed E-state index contributed by atoms with van der Waals surface area (Å²) in [4.78, 5) is 56.2. The van der Waals surface area contributed by atoms with Crippen LogP contribution in [0.2, 0.25) is 0 Å². The summed E-state index contributed by atoms with van der Waals surface area (Å²) >= 11 is 3.43. The maximum atomic E-state index is 14.1. The largest absolute Gasteiger partial charge is 0.393 e.